The van der Waals surface area contributed by atoms with Crippen LogP contribution in [0.15, 0.2) is 24.3 Å². The Kier molecular flexibility index (Phi) is 4.74. The highest BCUT2D eigenvalue weighted by Crippen LogP contribution is 2.27. The summed E-state index contributed by atoms with van der Waals surface area (Å²) >= 11 is 0. The fraction of sp³-hybridized carbons (Fsp3) is 0.529. The number of rotatable bonds is 3. The minimum absolute atomic E-state index is 0.0171. The van der Waals surface area contributed by atoms with E-state index in [4.69, 9.17) is 9.47 Å². The summed E-state index contributed by atoms with van der Waals surface area (Å²) < 4.78 is 10.6. The molecular weight excluding hydrogens is 282 g/mol. The summed E-state index contributed by atoms with van der Waals surface area (Å²) in [4.78, 5) is 26.3. The Morgan fingerprint density at radius 2 is 1.91 bits per heavy atom. The van der Waals surface area contributed by atoms with Crippen LogP contribution in [0.5, 0.6) is 5.75 Å². The lowest BCUT2D eigenvalue weighted by Gasteiger charge is -2.24. The highest BCUT2D eigenvalue weighted by molar-refractivity contribution is 6.00. The van der Waals surface area contributed by atoms with E-state index < -0.39 is 5.60 Å². The van der Waals surface area contributed by atoms with Gasteiger partial charge in [-0.05, 0) is 39.3 Å². The topological polar surface area (TPSA) is 55.8 Å². The molecule has 1 aromatic rings. The van der Waals surface area contributed by atoms with Gasteiger partial charge in [-0.3, -0.25) is 4.79 Å². The van der Waals surface area contributed by atoms with Crippen LogP contribution in [0.4, 0.5) is 4.79 Å². The van der Waals surface area contributed by atoms with Crippen LogP contribution in [-0.4, -0.2) is 42.6 Å². The van der Waals surface area contributed by atoms with Crippen molar-refractivity contribution in [3.8, 4) is 5.75 Å². The van der Waals surface area contributed by atoms with Gasteiger partial charge < -0.3 is 14.4 Å². The lowest BCUT2D eigenvalue weighted by Crippen LogP contribution is -2.35. The van der Waals surface area contributed by atoms with E-state index in [-0.39, 0.29) is 17.8 Å². The third kappa shape index (κ3) is 3.78. The van der Waals surface area contributed by atoms with Crippen LogP contribution in [0.25, 0.3) is 0 Å². The molecule has 0 bridgehead atoms. The van der Waals surface area contributed by atoms with Crippen molar-refractivity contribution in [2.45, 2.75) is 32.8 Å². The molecule has 0 saturated carbocycles. The second kappa shape index (κ2) is 6.38. The molecule has 0 N–H and O–H groups in total. The predicted octanol–water partition coefficient (Wildman–Crippen LogP) is 3.13. The van der Waals surface area contributed by atoms with Gasteiger partial charge in [0, 0.05) is 19.0 Å². The van der Waals surface area contributed by atoms with Gasteiger partial charge in [-0.1, -0.05) is 12.1 Å². The zero-order chi connectivity index (χ0) is 16.3. The molecule has 1 amide bonds. The van der Waals surface area contributed by atoms with Crippen LogP contribution in [0, 0.1) is 5.92 Å². The van der Waals surface area contributed by atoms with Crippen molar-refractivity contribution >= 4 is 11.9 Å². The Balaban J connectivity index is 2.04. The number of Topliss-reactive ketones (excluding diaryl/α,β-unsaturated/α-hetero) is 1. The van der Waals surface area contributed by atoms with Crippen molar-refractivity contribution in [1.29, 1.82) is 0 Å². The van der Waals surface area contributed by atoms with E-state index in [0.29, 0.717) is 30.8 Å². The number of carbonyl (C=O) groups excluding carboxylic acids is 2. The van der Waals surface area contributed by atoms with Crippen molar-refractivity contribution in [1.82, 2.24) is 4.90 Å². The molecule has 0 aromatic heterocycles. The number of hydrogen-bond acceptors (Lipinski definition) is 4. The quantitative estimate of drug-likeness (QED) is 0.805. The van der Waals surface area contributed by atoms with Gasteiger partial charge in [0.15, 0.2) is 5.78 Å². The minimum atomic E-state index is -0.526. The highest BCUT2D eigenvalue weighted by atomic mass is 16.6. The Bertz CT molecular complexity index is 562. The van der Waals surface area contributed by atoms with Crippen LogP contribution < -0.4 is 4.74 Å². The van der Waals surface area contributed by atoms with E-state index in [0.717, 1.165) is 0 Å². The molecule has 1 fully saturated rings. The van der Waals surface area contributed by atoms with E-state index in [1.807, 2.05) is 32.9 Å². The lowest BCUT2D eigenvalue weighted by atomic mass is 9.96. The van der Waals surface area contributed by atoms with Gasteiger partial charge in [0.2, 0.25) is 0 Å². The van der Waals surface area contributed by atoms with Gasteiger partial charge in [0.05, 0.1) is 12.7 Å². The Labute approximate surface area is 131 Å². The number of likely N-dealkylation sites (tertiary alicyclic amines) is 1. The molecule has 120 valence electrons. The van der Waals surface area contributed by atoms with Crippen molar-refractivity contribution in [3.63, 3.8) is 0 Å². The van der Waals surface area contributed by atoms with Gasteiger partial charge in [0.1, 0.15) is 11.4 Å². The number of nitrogens with zero attached hydrogens (tertiary/aromatic N) is 1. The maximum atomic E-state index is 12.6. The molecule has 0 radical (unpaired) electrons. The molecule has 0 aliphatic carbocycles. The van der Waals surface area contributed by atoms with Gasteiger partial charge in [-0.15, -0.1) is 0 Å². The van der Waals surface area contributed by atoms with Crippen LogP contribution in [0.1, 0.15) is 37.6 Å². The first-order valence-corrected chi connectivity index (χ1v) is 7.47. The first-order chi connectivity index (χ1) is 10.3. The number of benzene rings is 1. The van der Waals surface area contributed by atoms with E-state index >= 15 is 0 Å². The number of carbonyl (C=O) groups is 2. The van der Waals surface area contributed by atoms with Gasteiger partial charge >= 0.3 is 6.09 Å². The molecule has 1 heterocycles. The summed E-state index contributed by atoms with van der Waals surface area (Å²) in [6.07, 6.45) is 0.290. The molecule has 1 aliphatic heterocycles. The fourth-order valence-electron chi connectivity index (χ4n) is 2.53. The molecule has 1 aromatic carbocycles. The molecule has 5 heteroatoms. The van der Waals surface area contributed by atoms with Gasteiger partial charge in [-0.25, -0.2) is 4.79 Å². The fourth-order valence-corrected chi connectivity index (χ4v) is 2.53. The molecule has 1 aliphatic rings. The molecular formula is C17H23NO4. The summed E-state index contributed by atoms with van der Waals surface area (Å²) in [5.41, 5.74) is 0.0444. The lowest BCUT2D eigenvalue weighted by molar-refractivity contribution is 0.0289. The number of methoxy groups -OCH3 is 1. The normalized spacial score (nSPS) is 18.2. The monoisotopic (exact) mass is 305 g/mol. The third-order valence-corrected chi connectivity index (χ3v) is 3.58. The number of hydrogen-bond donors (Lipinski definition) is 0. The van der Waals surface area contributed by atoms with Crippen LogP contribution in [0.3, 0.4) is 0 Å². The molecule has 5 nitrogen and oxygen atoms in total. The Hall–Kier alpha value is -2.04. The first-order valence-electron chi connectivity index (χ1n) is 7.47. The molecule has 22 heavy (non-hydrogen) atoms. The Morgan fingerprint density at radius 3 is 2.55 bits per heavy atom. The van der Waals surface area contributed by atoms with Crippen LogP contribution in [-0.2, 0) is 4.74 Å². The SMILES string of the molecule is COc1ccccc1C(=O)[C@H]1CCN(C(=O)OC(C)(C)C)C1. The van der Waals surface area contributed by atoms with Gasteiger partial charge in [-0.2, -0.15) is 0 Å². The number of ether oxygens (including phenoxy) is 2. The van der Waals surface area contributed by atoms with Crippen molar-refractivity contribution < 1.29 is 19.1 Å². The number of amides is 1. The second-order valence-corrected chi connectivity index (χ2v) is 6.48. The zero-order valence-corrected chi connectivity index (χ0v) is 13.6. The summed E-state index contributed by atoms with van der Waals surface area (Å²) in [7, 11) is 1.55. The predicted molar refractivity (Wildman–Crippen MR) is 83.2 cm³/mol. The van der Waals surface area contributed by atoms with Gasteiger partial charge in [0.25, 0.3) is 0 Å². The summed E-state index contributed by atoms with van der Waals surface area (Å²) in [5.74, 6) is 0.385. The standard InChI is InChI=1S/C17H23NO4/c1-17(2,3)22-16(20)18-10-9-12(11-18)15(19)13-7-5-6-8-14(13)21-4/h5-8,12H,9-11H2,1-4H3/t12-/m0/s1. The summed E-state index contributed by atoms with van der Waals surface area (Å²) in [6.45, 7) is 6.43. The van der Waals surface area contributed by atoms with Crippen LogP contribution >= 0.6 is 0 Å². The van der Waals surface area contributed by atoms with E-state index in [1.165, 1.54) is 0 Å². The van der Waals surface area contributed by atoms with E-state index in [9.17, 15) is 9.59 Å². The Morgan fingerprint density at radius 1 is 1.23 bits per heavy atom. The smallest absolute Gasteiger partial charge is 0.410 e. The average molecular weight is 305 g/mol. The first kappa shape index (κ1) is 16.3. The number of para-hydroxylation sites is 1. The zero-order valence-electron chi connectivity index (χ0n) is 13.6. The van der Waals surface area contributed by atoms with Crippen molar-refractivity contribution in [3.05, 3.63) is 29.8 Å². The van der Waals surface area contributed by atoms with Crippen molar-refractivity contribution in [2.75, 3.05) is 20.2 Å². The summed E-state index contributed by atoms with van der Waals surface area (Å²) in [5, 5.41) is 0. The van der Waals surface area contributed by atoms with Crippen LogP contribution in [0.2, 0.25) is 0 Å². The maximum Gasteiger partial charge on any atom is 0.410 e. The van der Waals surface area contributed by atoms with E-state index in [1.54, 1.807) is 24.1 Å². The maximum absolute atomic E-state index is 12.6. The van der Waals surface area contributed by atoms with Crippen molar-refractivity contribution in [2.24, 2.45) is 5.92 Å². The molecule has 1 atom stereocenters. The molecule has 0 spiro atoms. The third-order valence-electron chi connectivity index (χ3n) is 3.58. The molecule has 0 unspecified atom stereocenters. The summed E-state index contributed by atoms with van der Waals surface area (Å²) in [6, 6.07) is 7.18. The largest absolute Gasteiger partial charge is 0.496 e. The average Bonchev–Trinajstić information content (AvgIpc) is 2.94. The van der Waals surface area contributed by atoms with E-state index in [2.05, 4.69) is 0 Å². The number of ketones is 1. The molecule has 2 rings (SSSR count). The molecule has 1 saturated heterocycles. The highest BCUT2D eigenvalue weighted by Gasteiger charge is 2.34. The second-order valence-electron chi connectivity index (χ2n) is 6.48. The minimum Gasteiger partial charge on any atom is -0.496 e.